The third-order valence-corrected chi connectivity index (χ3v) is 12.8. The Morgan fingerprint density at radius 2 is 1.02 bits per heavy atom. The highest BCUT2D eigenvalue weighted by Gasteiger charge is 2.40. The van der Waals surface area contributed by atoms with E-state index in [2.05, 4.69) is 42.2 Å². The first-order chi connectivity index (χ1) is 38.7. The van der Waals surface area contributed by atoms with Crippen LogP contribution in [0.1, 0.15) is 88.7 Å². The van der Waals surface area contributed by atoms with Crippen molar-refractivity contribution in [2.75, 3.05) is 19.6 Å². The Hall–Kier alpha value is -9.13. The van der Waals surface area contributed by atoms with Crippen molar-refractivity contribution in [1.29, 1.82) is 0 Å². The average Bonchev–Trinajstić information content (AvgIpc) is 4.01. The Morgan fingerprint density at radius 1 is 0.573 bits per heavy atom. The summed E-state index contributed by atoms with van der Waals surface area (Å²) in [6.07, 6.45) is -1.51. The minimum absolute atomic E-state index is 0.00315. The minimum Gasteiger partial charge on any atom is -0.508 e. The van der Waals surface area contributed by atoms with Crippen LogP contribution in [0.5, 0.6) is 11.5 Å². The van der Waals surface area contributed by atoms with Gasteiger partial charge in [0, 0.05) is 32.4 Å². The molecule has 1 fully saturated rings. The number of amides is 11. The van der Waals surface area contributed by atoms with Crippen LogP contribution in [0.3, 0.4) is 0 Å². The van der Waals surface area contributed by atoms with E-state index < -0.39 is 138 Å². The number of phenolic OH excluding ortho intramolecular Hbond substituents is 2. The van der Waals surface area contributed by atoms with Gasteiger partial charge in [-0.15, -0.1) is 0 Å². The predicted octanol–water partition coefficient (Wildman–Crippen LogP) is -6.10. The lowest BCUT2D eigenvalue weighted by atomic mass is 10.0. The molecule has 1 heterocycles. The normalized spacial score (nSPS) is 15.7. The van der Waals surface area contributed by atoms with Gasteiger partial charge < -0.3 is 97.6 Å². The number of unbranched alkanes of at least 4 members (excludes halogenated alkanes) is 1. The fourth-order valence-corrected chi connectivity index (χ4v) is 8.49. The number of nitrogens with two attached hydrogens (primary N) is 7. The topological polar surface area (TPSA) is 547 Å². The molecule has 1 aliphatic rings. The molecule has 0 unspecified atom stereocenters. The van der Waals surface area contributed by atoms with Crippen molar-refractivity contribution in [2.45, 2.75) is 145 Å². The number of hydrogen-bond donors (Lipinski definition) is 17. The molecule has 11 amide bonds. The molecule has 2 aromatic rings. The standard InChI is InChI=1S/C51H76N16O15/c1-26(49(80)67-21-5-8-38(67)48(79)65-35(23-28-11-15-30(69)16-12-28)46(77)66-37(50(81)82)25-41(56)72)60-43(74)33(7-4-20-59-51(57)58)62-47(78)36(24-40(55)71)64-45(76)34(22-27-9-13-29(68)14-10-27)63-44(75)32(6-2-3-19-52)61-42(73)31(53)17-18-39(54)70/h9-16,26,31-38,68-69H,2-8,17-25,52-53H2,1H3,(H2,54,70)(H2,55,71)(H2,56,72)(H,60,74)(H,61,73)(H,62,78)(H,63,75)(H,64,76)(H,65,79)(H,66,77)(H,81,82)(H4,57,58,59)/t26-,31-,32-,33-,34-,35-,36-,37-,38-/m0/s1. The summed E-state index contributed by atoms with van der Waals surface area (Å²) < 4.78 is 0. The van der Waals surface area contributed by atoms with Crippen molar-refractivity contribution >= 4 is 76.9 Å². The Kier molecular flexibility index (Phi) is 27.4. The number of carbonyl (C=O) groups is 12. The number of rotatable bonds is 35. The number of likely N-dealkylation sites (tertiary alicyclic amines) is 1. The summed E-state index contributed by atoms with van der Waals surface area (Å²) in [4.78, 5) is 164. The quantitative estimate of drug-likeness (QED) is 0.0173. The van der Waals surface area contributed by atoms with Crippen LogP contribution in [0.25, 0.3) is 0 Å². The first-order valence-electron chi connectivity index (χ1n) is 26.3. The zero-order valence-electron chi connectivity index (χ0n) is 45.3. The number of carboxylic acids is 1. The molecule has 31 nitrogen and oxygen atoms in total. The van der Waals surface area contributed by atoms with Crippen LogP contribution in [-0.4, -0.2) is 171 Å². The van der Waals surface area contributed by atoms with Gasteiger partial charge >= 0.3 is 5.97 Å². The van der Waals surface area contributed by atoms with E-state index in [0.29, 0.717) is 24.0 Å². The lowest BCUT2D eigenvalue weighted by molar-refractivity contribution is -0.144. The number of phenols is 2. The van der Waals surface area contributed by atoms with E-state index in [0.717, 1.165) is 4.90 Å². The summed E-state index contributed by atoms with van der Waals surface area (Å²) >= 11 is 0. The van der Waals surface area contributed by atoms with Crippen LogP contribution < -0.4 is 77.4 Å². The molecule has 82 heavy (non-hydrogen) atoms. The maximum atomic E-state index is 14.3. The first-order valence-corrected chi connectivity index (χ1v) is 26.3. The van der Waals surface area contributed by atoms with Crippen LogP contribution in [0, 0.1) is 0 Å². The zero-order valence-corrected chi connectivity index (χ0v) is 45.3. The first kappa shape index (κ1) is 67.1. The number of hydrogen-bond acceptors (Lipinski definition) is 17. The van der Waals surface area contributed by atoms with E-state index in [1.54, 1.807) is 0 Å². The maximum Gasteiger partial charge on any atom is 0.326 e. The average molecular weight is 1150 g/mol. The molecule has 0 aromatic heterocycles. The highest BCUT2D eigenvalue weighted by Crippen LogP contribution is 2.20. The van der Waals surface area contributed by atoms with Gasteiger partial charge in [-0.05, 0) is 100 Å². The predicted molar refractivity (Wildman–Crippen MR) is 292 cm³/mol. The Balaban J connectivity index is 1.89. The molecule has 0 radical (unpaired) electrons. The highest BCUT2D eigenvalue weighted by atomic mass is 16.4. The fourth-order valence-electron chi connectivity index (χ4n) is 8.49. The van der Waals surface area contributed by atoms with Crippen molar-refractivity contribution in [3.05, 3.63) is 59.7 Å². The molecule has 450 valence electrons. The second-order valence-electron chi connectivity index (χ2n) is 19.6. The second-order valence-corrected chi connectivity index (χ2v) is 19.6. The maximum absolute atomic E-state index is 14.3. The van der Waals surface area contributed by atoms with Crippen molar-refractivity contribution in [1.82, 2.24) is 42.1 Å². The largest absolute Gasteiger partial charge is 0.508 e. The molecular weight excluding hydrogens is 1080 g/mol. The number of nitrogens with one attached hydrogen (secondary N) is 7. The van der Waals surface area contributed by atoms with Gasteiger partial charge in [0.05, 0.1) is 18.9 Å². The van der Waals surface area contributed by atoms with Gasteiger partial charge in [-0.2, -0.15) is 0 Å². The van der Waals surface area contributed by atoms with Crippen molar-refractivity contribution in [3.8, 4) is 11.5 Å². The van der Waals surface area contributed by atoms with Crippen molar-refractivity contribution < 1.29 is 72.9 Å². The second kappa shape index (κ2) is 33.5. The smallest absolute Gasteiger partial charge is 0.326 e. The van der Waals surface area contributed by atoms with Gasteiger partial charge in [0.25, 0.3) is 0 Å². The van der Waals surface area contributed by atoms with Crippen LogP contribution in [0.4, 0.5) is 0 Å². The Bertz CT molecular complexity index is 2620. The lowest BCUT2D eigenvalue weighted by Gasteiger charge is -2.30. The van der Waals surface area contributed by atoms with Crippen LogP contribution in [0.2, 0.25) is 0 Å². The molecule has 1 aliphatic heterocycles. The number of primary amides is 3. The van der Waals surface area contributed by atoms with Gasteiger partial charge in [-0.25, -0.2) is 4.79 Å². The van der Waals surface area contributed by atoms with E-state index in [1.165, 1.54) is 55.5 Å². The minimum atomic E-state index is -1.82. The lowest BCUT2D eigenvalue weighted by Crippen LogP contribution is -2.60. The molecule has 0 aliphatic carbocycles. The molecule has 31 heteroatoms. The molecule has 0 saturated carbocycles. The molecule has 3 rings (SSSR count). The van der Waals surface area contributed by atoms with Gasteiger partial charge in [0.1, 0.15) is 59.8 Å². The van der Waals surface area contributed by atoms with Crippen LogP contribution in [0.15, 0.2) is 53.5 Å². The van der Waals surface area contributed by atoms with Gasteiger partial charge in [0.15, 0.2) is 5.96 Å². The third-order valence-electron chi connectivity index (χ3n) is 12.8. The molecule has 0 bridgehead atoms. The van der Waals surface area contributed by atoms with E-state index in [4.69, 9.17) is 40.1 Å². The van der Waals surface area contributed by atoms with Crippen molar-refractivity contribution in [2.24, 2.45) is 45.1 Å². The van der Waals surface area contributed by atoms with E-state index in [1.807, 2.05) is 0 Å². The van der Waals surface area contributed by atoms with Crippen molar-refractivity contribution in [3.63, 3.8) is 0 Å². The van der Waals surface area contributed by atoms with E-state index >= 15 is 0 Å². The summed E-state index contributed by atoms with van der Waals surface area (Å²) in [6, 6.07) is -2.28. The molecule has 1 saturated heterocycles. The number of nitrogens with zero attached hydrogens (tertiary/aromatic N) is 2. The molecule has 2 aromatic carbocycles. The SMILES string of the molecule is C[C@H](NC(=O)[C@H](CCCN=C(N)N)NC(=O)[C@H](CC(N)=O)NC(=O)[C@H](Cc1ccc(O)cc1)NC(=O)[C@H](CCCCN)NC(=O)[C@@H](N)CCC(N)=O)C(=O)N1CCC[C@H]1C(=O)N[C@@H](Cc1ccc(O)cc1)C(=O)N[C@@H](CC(N)=O)C(=O)O. The Morgan fingerprint density at radius 3 is 1.54 bits per heavy atom. The van der Waals surface area contributed by atoms with Gasteiger partial charge in [-0.3, -0.25) is 57.7 Å². The summed E-state index contributed by atoms with van der Waals surface area (Å²) in [5.74, 6) is -12.4. The third kappa shape index (κ3) is 23.3. The molecule has 24 N–H and O–H groups in total. The summed E-state index contributed by atoms with van der Waals surface area (Å²) in [5, 5.41) is 46.6. The summed E-state index contributed by atoms with van der Waals surface area (Å²) in [7, 11) is 0. The number of aliphatic imine (C=N–C) groups is 1. The fraction of sp³-hybridized carbons (Fsp3) is 0.510. The number of guanidine groups is 1. The summed E-state index contributed by atoms with van der Waals surface area (Å²) in [6.45, 7) is 1.48. The van der Waals surface area contributed by atoms with E-state index in [-0.39, 0.29) is 94.9 Å². The van der Waals surface area contributed by atoms with Crippen LogP contribution in [-0.2, 0) is 70.4 Å². The number of aliphatic carboxylic acids is 1. The Labute approximate surface area is 471 Å². The number of carbonyl (C=O) groups excluding carboxylic acids is 11. The number of carboxylic acid groups (broad SMARTS) is 1. The number of benzene rings is 2. The van der Waals surface area contributed by atoms with Crippen LogP contribution >= 0.6 is 0 Å². The van der Waals surface area contributed by atoms with E-state index in [9.17, 15) is 72.9 Å². The highest BCUT2D eigenvalue weighted by molar-refractivity contribution is 5.99. The number of aromatic hydroxyl groups is 2. The molecular formula is C51H76N16O15. The van der Waals surface area contributed by atoms with Gasteiger partial charge in [0.2, 0.25) is 65.0 Å². The molecule has 9 atom stereocenters. The zero-order chi connectivity index (χ0) is 61.2. The summed E-state index contributed by atoms with van der Waals surface area (Å²) in [5.41, 5.74) is 39.3. The van der Waals surface area contributed by atoms with Gasteiger partial charge in [-0.1, -0.05) is 24.3 Å². The molecule has 0 spiro atoms. The monoisotopic (exact) mass is 1150 g/mol.